The van der Waals surface area contributed by atoms with Crippen molar-refractivity contribution in [3.8, 4) is 22.5 Å². The normalized spacial score (nSPS) is 20.9. The van der Waals surface area contributed by atoms with Gasteiger partial charge >= 0.3 is 12.0 Å². The van der Waals surface area contributed by atoms with Gasteiger partial charge in [0, 0.05) is 98.9 Å². The molecule has 0 spiro atoms. The number of likely N-dealkylation sites (N-methyl/N-ethyl adjacent to an activating group) is 1. The first-order valence-corrected chi connectivity index (χ1v) is 22.4. The predicted molar refractivity (Wildman–Crippen MR) is 236 cm³/mol. The molecule has 4 aromatic rings. The fourth-order valence-corrected chi connectivity index (χ4v) is 9.80. The second-order valence-corrected chi connectivity index (χ2v) is 18.5. The summed E-state index contributed by atoms with van der Waals surface area (Å²) in [5.74, 6) is -1.50. The van der Waals surface area contributed by atoms with Gasteiger partial charge in [-0.15, -0.1) is 11.3 Å². The molecular formula is C45H61N9O6S. The number of esters is 1. The van der Waals surface area contributed by atoms with E-state index in [0.29, 0.717) is 63.5 Å². The third-order valence-electron chi connectivity index (χ3n) is 12.2. The van der Waals surface area contributed by atoms with Crippen LogP contribution in [-0.4, -0.2) is 125 Å². The zero-order chi connectivity index (χ0) is 43.6. The Balaban J connectivity index is 1.29. The molecule has 3 aliphatic heterocycles. The van der Waals surface area contributed by atoms with Crippen LogP contribution in [-0.2, 0) is 43.2 Å². The Morgan fingerprint density at radius 1 is 1.13 bits per heavy atom. The van der Waals surface area contributed by atoms with Gasteiger partial charge in [-0.3, -0.25) is 24.4 Å². The van der Waals surface area contributed by atoms with E-state index in [0.717, 1.165) is 44.7 Å². The highest BCUT2D eigenvalue weighted by Gasteiger charge is 2.39. The summed E-state index contributed by atoms with van der Waals surface area (Å²) in [6, 6.07) is 7.60. The zero-order valence-electron chi connectivity index (χ0n) is 36.7. The largest absolute Gasteiger partial charge is 0.464 e. The number of carbonyl (C=O) groups is 4. The van der Waals surface area contributed by atoms with Gasteiger partial charge in [0.1, 0.15) is 18.1 Å². The summed E-state index contributed by atoms with van der Waals surface area (Å²) in [7, 11) is 3.34. The summed E-state index contributed by atoms with van der Waals surface area (Å²) < 4.78 is 14.2. The Morgan fingerprint density at radius 2 is 1.90 bits per heavy atom. The van der Waals surface area contributed by atoms with Gasteiger partial charge in [0.05, 0.1) is 34.8 Å². The number of fused-ring (bicyclic) bond motifs is 6. The van der Waals surface area contributed by atoms with Crippen molar-refractivity contribution >= 4 is 46.1 Å². The average molecular weight is 856 g/mol. The molecule has 16 heteroatoms. The van der Waals surface area contributed by atoms with Gasteiger partial charge in [-0.05, 0) is 68.9 Å². The van der Waals surface area contributed by atoms with Crippen LogP contribution in [0.2, 0.25) is 0 Å². The molecule has 15 nitrogen and oxygen atoms in total. The lowest BCUT2D eigenvalue weighted by Gasteiger charge is -2.38. The maximum absolute atomic E-state index is 14.5. The Morgan fingerprint density at radius 3 is 2.62 bits per heavy atom. The molecule has 0 radical (unpaired) electrons. The smallest absolute Gasteiger partial charge is 0.324 e. The molecule has 7 rings (SSSR count). The fourth-order valence-electron chi connectivity index (χ4n) is 8.95. The molecular weight excluding hydrogens is 795 g/mol. The topological polar surface area (TPSA) is 163 Å². The molecule has 61 heavy (non-hydrogen) atoms. The lowest BCUT2D eigenvalue weighted by Crippen LogP contribution is -2.62. The lowest BCUT2D eigenvalue weighted by molar-refractivity contribution is -0.155. The molecule has 3 N–H and O–H groups in total. The van der Waals surface area contributed by atoms with E-state index in [1.54, 1.807) is 25.3 Å². The van der Waals surface area contributed by atoms with E-state index >= 15 is 0 Å². The minimum Gasteiger partial charge on any atom is -0.464 e. The van der Waals surface area contributed by atoms with Crippen LogP contribution in [0.4, 0.5) is 4.79 Å². The number of ether oxygens (including phenoxy) is 2. The van der Waals surface area contributed by atoms with Crippen LogP contribution < -0.4 is 16.1 Å². The van der Waals surface area contributed by atoms with E-state index in [2.05, 4.69) is 65.7 Å². The van der Waals surface area contributed by atoms with Crippen molar-refractivity contribution in [2.75, 3.05) is 53.5 Å². The predicted octanol–water partition coefficient (Wildman–Crippen LogP) is 5.18. The number of rotatable bonds is 8. The number of hydrazine groups is 1. The van der Waals surface area contributed by atoms with Gasteiger partial charge in [0.25, 0.3) is 5.91 Å². The standard InChI is InChI=1S/C45H61N9O6S/c1-9-53-36-15-14-29-22-31(36)32(40(53)30-12-10-16-47-38(30)28(4)59-8)24-45(5,6)26-60-43(57)33-13-11-19-54(50-33)42(56)34(23-37-48-35(29)25-61-37)49-41(55)39(27(2)3)51(7)44(58)52-20-17-46-18-21-52/h10,12,14-16,22,25,27-28,33-34,39,46,50H,9,11,13,17-21,23-24,26H2,1-8H3,(H,49,55)/t28-,33-,34-,39-/m0/s1. The van der Waals surface area contributed by atoms with E-state index in [1.165, 1.54) is 21.2 Å². The van der Waals surface area contributed by atoms with Gasteiger partial charge in [0.15, 0.2) is 0 Å². The first-order chi connectivity index (χ1) is 29.2. The summed E-state index contributed by atoms with van der Waals surface area (Å²) in [5, 5.41) is 11.5. The van der Waals surface area contributed by atoms with E-state index in [-0.39, 0.29) is 37.0 Å². The number of pyridine rings is 1. The molecule has 2 saturated heterocycles. The summed E-state index contributed by atoms with van der Waals surface area (Å²) >= 11 is 1.43. The van der Waals surface area contributed by atoms with Crippen LogP contribution in [0.5, 0.6) is 0 Å². The Labute approximate surface area is 362 Å². The van der Waals surface area contributed by atoms with Crippen LogP contribution in [0.3, 0.4) is 0 Å². The minimum absolute atomic E-state index is 0.113. The number of carbonyl (C=O) groups excluding carboxylic acids is 4. The fraction of sp³-hybridized carbons (Fsp3) is 0.556. The number of cyclic esters (lactones) is 1. The number of hydrogen-bond acceptors (Lipinski definition) is 11. The third kappa shape index (κ3) is 9.32. The summed E-state index contributed by atoms with van der Waals surface area (Å²) in [6.45, 7) is 15.8. The quantitative estimate of drug-likeness (QED) is 0.201. The molecule has 2 fully saturated rings. The van der Waals surface area contributed by atoms with Gasteiger partial charge in [0.2, 0.25) is 5.91 Å². The van der Waals surface area contributed by atoms with E-state index in [4.69, 9.17) is 19.4 Å². The maximum Gasteiger partial charge on any atom is 0.324 e. The van der Waals surface area contributed by atoms with E-state index in [1.807, 2.05) is 32.2 Å². The first-order valence-electron chi connectivity index (χ1n) is 21.6. The van der Waals surface area contributed by atoms with Crippen LogP contribution in [0.15, 0.2) is 41.9 Å². The molecule has 6 heterocycles. The first kappa shape index (κ1) is 44.2. The molecule has 3 aliphatic rings. The van der Waals surface area contributed by atoms with Crippen molar-refractivity contribution in [2.24, 2.45) is 11.3 Å². The van der Waals surface area contributed by atoms with Crippen LogP contribution >= 0.6 is 11.3 Å². The molecule has 0 aliphatic carbocycles. The molecule has 0 unspecified atom stereocenters. The van der Waals surface area contributed by atoms with Gasteiger partial charge in [-0.2, -0.15) is 0 Å². The number of hydrogen-bond donors (Lipinski definition) is 3. The summed E-state index contributed by atoms with van der Waals surface area (Å²) in [4.78, 5) is 69.4. The van der Waals surface area contributed by atoms with Crippen molar-refractivity contribution in [1.82, 2.24) is 45.4 Å². The molecule has 328 valence electrons. The summed E-state index contributed by atoms with van der Waals surface area (Å²) in [6.07, 6.45) is 3.31. The minimum atomic E-state index is -1.03. The van der Waals surface area contributed by atoms with Crippen molar-refractivity contribution in [3.05, 3.63) is 58.2 Å². The maximum atomic E-state index is 14.5. The van der Waals surface area contributed by atoms with E-state index < -0.39 is 35.4 Å². The second-order valence-electron chi connectivity index (χ2n) is 17.6. The molecule has 1 aromatic carbocycles. The highest BCUT2D eigenvalue weighted by molar-refractivity contribution is 7.10. The van der Waals surface area contributed by atoms with Crippen molar-refractivity contribution in [3.63, 3.8) is 0 Å². The SMILES string of the molecule is CCn1c(-c2cccnc2[C@H](C)OC)c2c3cc(ccc31)-c1csc(n1)C[C@H](NC(=O)[C@H](C(C)C)N(C)C(=O)N1CCNCC1)C(=O)N1CCC[C@H](N1)C(=O)OCC(C)(C)C2. The van der Waals surface area contributed by atoms with Gasteiger partial charge in [-0.1, -0.05) is 33.8 Å². The van der Waals surface area contributed by atoms with Gasteiger partial charge in [-0.25, -0.2) is 15.2 Å². The molecule has 4 atom stereocenters. The van der Waals surface area contributed by atoms with Crippen molar-refractivity contribution in [1.29, 1.82) is 0 Å². The number of aromatic nitrogens is 3. The van der Waals surface area contributed by atoms with Crippen LogP contribution in [0, 0.1) is 11.3 Å². The number of thiazole rings is 1. The highest BCUT2D eigenvalue weighted by Crippen LogP contribution is 2.42. The number of amides is 4. The number of benzene rings is 1. The molecule has 0 saturated carbocycles. The number of nitrogens with one attached hydrogen (secondary N) is 3. The number of urea groups is 1. The Kier molecular flexibility index (Phi) is 13.5. The van der Waals surface area contributed by atoms with Crippen LogP contribution in [0.25, 0.3) is 33.4 Å². The highest BCUT2D eigenvalue weighted by atomic mass is 32.1. The lowest BCUT2D eigenvalue weighted by atomic mass is 9.84. The number of methoxy groups -OCH3 is 1. The monoisotopic (exact) mass is 855 g/mol. The zero-order valence-corrected chi connectivity index (χ0v) is 37.6. The number of piperazine rings is 1. The molecule has 3 aromatic heterocycles. The molecule has 4 amide bonds. The third-order valence-corrected chi connectivity index (χ3v) is 13.0. The van der Waals surface area contributed by atoms with Gasteiger partial charge < -0.3 is 34.5 Å². The number of nitrogens with zero attached hydrogens (tertiary/aromatic N) is 6. The van der Waals surface area contributed by atoms with Crippen LogP contribution in [0.1, 0.15) is 76.8 Å². The van der Waals surface area contributed by atoms with Crippen molar-refractivity contribution < 1.29 is 28.7 Å². The van der Waals surface area contributed by atoms with Crippen molar-refractivity contribution in [2.45, 2.75) is 98.0 Å². The molecule has 6 bridgehead atoms. The number of aryl methyl sites for hydroxylation is 1. The Hall–Kier alpha value is -4.90. The average Bonchev–Trinajstić information content (AvgIpc) is 3.85. The summed E-state index contributed by atoms with van der Waals surface area (Å²) in [5.41, 5.74) is 9.39. The Bertz CT molecular complexity index is 2250. The van der Waals surface area contributed by atoms with E-state index in [9.17, 15) is 19.2 Å². The second kappa shape index (κ2) is 18.6.